The van der Waals surface area contributed by atoms with Crippen LogP contribution in [-0.4, -0.2) is 11.7 Å². The first-order valence-electron chi connectivity index (χ1n) is 14.2. The minimum Gasteiger partial charge on any atom is -0.396 e. The second-order valence-corrected chi connectivity index (χ2v) is 10.6. The van der Waals surface area contributed by atoms with Crippen LogP contribution in [-0.2, 0) is 0 Å². The minimum absolute atomic E-state index is 0.388. The molecule has 8 unspecified atom stereocenters. The van der Waals surface area contributed by atoms with Crippen LogP contribution >= 0.6 is 0 Å². The van der Waals surface area contributed by atoms with E-state index in [0.717, 1.165) is 35.5 Å². The van der Waals surface area contributed by atoms with Gasteiger partial charge in [-0.3, -0.25) is 0 Å². The van der Waals surface area contributed by atoms with Crippen molar-refractivity contribution in [2.45, 2.75) is 132 Å². The molecule has 0 saturated heterocycles. The largest absolute Gasteiger partial charge is 0.396 e. The maximum atomic E-state index is 9.78. The molecule has 0 radical (unpaired) electrons. The smallest absolute Gasteiger partial charge is 0.0459 e. The molecular formula is C29H58O. The van der Waals surface area contributed by atoms with E-state index in [4.69, 9.17) is 0 Å². The van der Waals surface area contributed by atoms with Gasteiger partial charge in [0.05, 0.1) is 0 Å². The fourth-order valence-electron chi connectivity index (χ4n) is 8.13. The Bertz CT molecular complexity index is 432. The van der Waals surface area contributed by atoms with Crippen molar-refractivity contribution in [3.05, 3.63) is 0 Å². The molecule has 3 fully saturated rings. The van der Waals surface area contributed by atoms with Crippen LogP contribution in [0.2, 0.25) is 0 Å². The van der Waals surface area contributed by atoms with Crippen molar-refractivity contribution in [1.82, 2.24) is 0 Å². The molecule has 1 nitrogen and oxygen atoms in total. The minimum atomic E-state index is 0.388. The summed E-state index contributed by atoms with van der Waals surface area (Å²) < 4.78 is 0. The SMILES string of the molecule is CC.CC.CCCCCC1CCC2C(CCC3(C)C(C(C)CO)CCC23)C1CCC. The van der Waals surface area contributed by atoms with Crippen LogP contribution in [0.4, 0.5) is 0 Å². The van der Waals surface area contributed by atoms with Gasteiger partial charge < -0.3 is 5.11 Å². The molecule has 0 heterocycles. The lowest BCUT2D eigenvalue weighted by Crippen LogP contribution is -2.48. The number of hydrogen-bond acceptors (Lipinski definition) is 1. The molecular weight excluding hydrogens is 364 g/mol. The quantitative estimate of drug-likeness (QED) is 0.386. The number of hydrogen-bond donors (Lipinski definition) is 1. The Morgan fingerprint density at radius 2 is 1.53 bits per heavy atom. The van der Waals surface area contributed by atoms with Gasteiger partial charge in [0.25, 0.3) is 0 Å². The number of unbranched alkanes of at least 4 members (excludes halogenated alkanes) is 2. The third-order valence-electron chi connectivity index (χ3n) is 9.37. The van der Waals surface area contributed by atoms with Crippen LogP contribution in [0.1, 0.15) is 132 Å². The molecule has 0 spiro atoms. The summed E-state index contributed by atoms with van der Waals surface area (Å²) in [4.78, 5) is 0. The Labute approximate surface area is 191 Å². The summed E-state index contributed by atoms with van der Waals surface area (Å²) >= 11 is 0. The molecule has 3 aliphatic carbocycles. The van der Waals surface area contributed by atoms with Gasteiger partial charge in [-0.25, -0.2) is 0 Å². The predicted molar refractivity (Wildman–Crippen MR) is 135 cm³/mol. The first-order chi connectivity index (χ1) is 14.6. The van der Waals surface area contributed by atoms with Crippen molar-refractivity contribution in [1.29, 1.82) is 0 Å². The summed E-state index contributed by atoms with van der Waals surface area (Å²) in [6.45, 7) is 18.0. The Morgan fingerprint density at radius 1 is 0.833 bits per heavy atom. The van der Waals surface area contributed by atoms with Crippen LogP contribution in [0.15, 0.2) is 0 Å². The fraction of sp³-hybridized carbons (Fsp3) is 1.00. The van der Waals surface area contributed by atoms with E-state index in [9.17, 15) is 5.11 Å². The Kier molecular flexibility index (Phi) is 13.2. The second-order valence-electron chi connectivity index (χ2n) is 10.6. The number of aliphatic hydroxyl groups excluding tert-OH is 1. The molecule has 0 amide bonds. The normalized spacial score (nSPS) is 38.3. The first-order valence-corrected chi connectivity index (χ1v) is 14.2. The van der Waals surface area contributed by atoms with E-state index >= 15 is 0 Å². The number of fused-ring (bicyclic) bond motifs is 3. The number of rotatable bonds is 8. The van der Waals surface area contributed by atoms with E-state index in [-0.39, 0.29) is 0 Å². The molecule has 180 valence electrons. The van der Waals surface area contributed by atoms with Gasteiger partial charge in [0.1, 0.15) is 0 Å². The lowest BCUT2D eigenvalue weighted by Gasteiger charge is -2.55. The van der Waals surface area contributed by atoms with E-state index < -0.39 is 0 Å². The summed E-state index contributed by atoms with van der Waals surface area (Å²) in [5.74, 6) is 6.30. The summed E-state index contributed by atoms with van der Waals surface area (Å²) in [5.41, 5.74) is 0.523. The topological polar surface area (TPSA) is 20.2 Å². The Balaban J connectivity index is 0.00000106. The van der Waals surface area contributed by atoms with Crippen molar-refractivity contribution in [3.63, 3.8) is 0 Å². The van der Waals surface area contributed by atoms with Crippen LogP contribution < -0.4 is 0 Å². The molecule has 3 rings (SSSR count). The highest BCUT2D eigenvalue weighted by atomic mass is 16.3. The van der Waals surface area contributed by atoms with Gasteiger partial charge in [-0.05, 0) is 85.4 Å². The molecule has 0 aromatic rings. The van der Waals surface area contributed by atoms with Crippen molar-refractivity contribution < 1.29 is 5.11 Å². The third kappa shape index (κ3) is 6.05. The third-order valence-corrected chi connectivity index (χ3v) is 9.37. The van der Waals surface area contributed by atoms with Gasteiger partial charge in [-0.1, -0.05) is 93.9 Å². The van der Waals surface area contributed by atoms with Gasteiger partial charge in [-0.2, -0.15) is 0 Å². The lowest BCUT2D eigenvalue weighted by molar-refractivity contribution is -0.0656. The zero-order chi connectivity index (χ0) is 22.7. The second kappa shape index (κ2) is 14.2. The van der Waals surface area contributed by atoms with Crippen molar-refractivity contribution >= 4 is 0 Å². The monoisotopic (exact) mass is 422 g/mol. The van der Waals surface area contributed by atoms with Crippen molar-refractivity contribution in [3.8, 4) is 0 Å². The molecule has 1 heteroatoms. The molecule has 3 saturated carbocycles. The number of aliphatic hydroxyl groups is 1. The van der Waals surface area contributed by atoms with Gasteiger partial charge in [-0.15, -0.1) is 0 Å². The van der Waals surface area contributed by atoms with Gasteiger partial charge in [0, 0.05) is 6.61 Å². The maximum Gasteiger partial charge on any atom is 0.0459 e. The van der Waals surface area contributed by atoms with E-state index in [2.05, 4.69) is 27.7 Å². The van der Waals surface area contributed by atoms with E-state index in [1.807, 2.05) is 27.7 Å². The van der Waals surface area contributed by atoms with Crippen LogP contribution in [0.5, 0.6) is 0 Å². The lowest BCUT2D eigenvalue weighted by atomic mass is 9.50. The molecule has 0 aromatic heterocycles. The molecule has 0 aliphatic heterocycles. The van der Waals surface area contributed by atoms with Crippen LogP contribution in [0.3, 0.4) is 0 Å². The molecule has 8 atom stereocenters. The zero-order valence-corrected chi connectivity index (χ0v) is 22.2. The zero-order valence-electron chi connectivity index (χ0n) is 22.2. The Morgan fingerprint density at radius 3 is 2.13 bits per heavy atom. The molecule has 0 aromatic carbocycles. The standard InChI is InChI=1S/C25H46O.2C2H6/c1-5-7-8-10-19-11-12-22-21(20(19)9-6-2)15-16-25(4)23(18(3)17-26)13-14-24(22)25;2*1-2/h18-24,26H,5-17H2,1-4H3;2*1-2H3. The average molecular weight is 423 g/mol. The molecule has 30 heavy (non-hydrogen) atoms. The predicted octanol–water partition coefficient (Wildman–Crippen LogP) is 9.13. The summed E-state index contributed by atoms with van der Waals surface area (Å²) in [7, 11) is 0. The highest BCUT2D eigenvalue weighted by molar-refractivity contribution is 5.06. The fourth-order valence-corrected chi connectivity index (χ4v) is 8.13. The Hall–Kier alpha value is -0.0400. The molecule has 0 bridgehead atoms. The van der Waals surface area contributed by atoms with Crippen molar-refractivity contribution in [2.24, 2.45) is 46.8 Å². The van der Waals surface area contributed by atoms with Crippen LogP contribution in [0, 0.1) is 46.8 Å². The van der Waals surface area contributed by atoms with Crippen molar-refractivity contribution in [2.75, 3.05) is 6.61 Å². The van der Waals surface area contributed by atoms with Gasteiger partial charge >= 0.3 is 0 Å². The summed E-state index contributed by atoms with van der Waals surface area (Å²) in [6, 6.07) is 0. The molecule has 3 aliphatic rings. The van der Waals surface area contributed by atoms with Crippen LogP contribution in [0.25, 0.3) is 0 Å². The first kappa shape index (κ1) is 28.0. The van der Waals surface area contributed by atoms with E-state index in [1.165, 1.54) is 77.0 Å². The van der Waals surface area contributed by atoms with Gasteiger partial charge in [0.2, 0.25) is 0 Å². The van der Waals surface area contributed by atoms with E-state index in [0.29, 0.717) is 17.9 Å². The van der Waals surface area contributed by atoms with Gasteiger partial charge in [0.15, 0.2) is 0 Å². The summed E-state index contributed by atoms with van der Waals surface area (Å²) in [5, 5.41) is 9.78. The van der Waals surface area contributed by atoms with E-state index in [1.54, 1.807) is 0 Å². The average Bonchev–Trinajstić information content (AvgIpc) is 3.15. The maximum absolute atomic E-state index is 9.78. The summed E-state index contributed by atoms with van der Waals surface area (Å²) in [6.07, 6.45) is 17.4. The molecule has 1 N–H and O–H groups in total. The highest BCUT2D eigenvalue weighted by Crippen LogP contribution is 2.64. The highest BCUT2D eigenvalue weighted by Gasteiger charge is 2.56.